The van der Waals surface area contributed by atoms with Crippen molar-refractivity contribution in [2.45, 2.75) is 44.5 Å². The van der Waals surface area contributed by atoms with Crippen LogP contribution >= 0.6 is 0 Å². The minimum atomic E-state index is -2.26. The van der Waals surface area contributed by atoms with Gasteiger partial charge in [-0.3, -0.25) is 14.9 Å². The number of carbonyl (C=O) groups excluding carboxylic acids is 2. The third-order valence-corrected chi connectivity index (χ3v) is 6.70. The van der Waals surface area contributed by atoms with Crippen LogP contribution < -0.4 is 5.32 Å². The normalized spacial score (nSPS) is 25.9. The lowest BCUT2D eigenvalue weighted by molar-refractivity contribution is -0.150. The summed E-state index contributed by atoms with van der Waals surface area (Å²) in [5, 5.41) is 25.0. The molecule has 2 aromatic carbocycles. The van der Waals surface area contributed by atoms with Crippen LogP contribution in [0.4, 0.5) is 0 Å². The highest BCUT2D eigenvalue weighted by Crippen LogP contribution is 2.43. The summed E-state index contributed by atoms with van der Waals surface area (Å²) >= 11 is 0. The summed E-state index contributed by atoms with van der Waals surface area (Å²) in [6.07, 6.45) is 1.55. The molecule has 2 heterocycles. The molecule has 2 atom stereocenters. The number of aliphatic hydroxyl groups is 1. The number of hydrogen-bond acceptors (Lipinski definition) is 6. The molecule has 1 saturated heterocycles. The number of nitrogens with one attached hydrogen (secondary N) is 1. The van der Waals surface area contributed by atoms with Crippen molar-refractivity contribution in [2.75, 3.05) is 6.54 Å². The molecule has 3 N–H and O–H groups in total. The highest BCUT2D eigenvalue weighted by Gasteiger charge is 2.56. The molecule has 0 aromatic heterocycles. The summed E-state index contributed by atoms with van der Waals surface area (Å²) in [5.74, 6) is -2.46. The van der Waals surface area contributed by atoms with Crippen LogP contribution in [-0.2, 0) is 15.3 Å². The van der Waals surface area contributed by atoms with Crippen molar-refractivity contribution in [3.63, 3.8) is 0 Å². The van der Waals surface area contributed by atoms with Gasteiger partial charge in [0.05, 0.1) is 17.0 Å². The van der Waals surface area contributed by atoms with Gasteiger partial charge < -0.3 is 15.1 Å². The third kappa shape index (κ3) is 3.57. The fourth-order valence-electron chi connectivity index (χ4n) is 5.11. The second-order valence-electron chi connectivity index (χ2n) is 9.80. The van der Waals surface area contributed by atoms with Gasteiger partial charge in [0.1, 0.15) is 0 Å². The zero-order valence-corrected chi connectivity index (χ0v) is 19.1. The summed E-state index contributed by atoms with van der Waals surface area (Å²) in [5.41, 5.74) is -2.96. The Bertz CT molecular complexity index is 1170. The van der Waals surface area contributed by atoms with Crippen LogP contribution in [0.3, 0.4) is 0 Å². The Morgan fingerprint density at radius 3 is 2.18 bits per heavy atom. The van der Waals surface area contributed by atoms with Crippen LogP contribution in [0.1, 0.15) is 49.2 Å². The quantitative estimate of drug-likeness (QED) is 0.646. The first-order valence-electron chi connectivity index (χ1n) is 10.9. The fourth-order valence-corrected chi connectivity index (χ4v) is 5.11. The van der Waals surface area contributed by atoms with E-state index in [0.717, 1.165) is 0 Å². The Balaban J connectivity index is 1.86. The van der Waals surface area contributed by atoms with Gasteiger partial charge in [0.25, 0.3) is 0 Å². The number of benzene rings is 2. The molecule has 4 rings (SSSR count). The smallest absolute Gasteiger partial charge is 0.336 e. The van der Waals surface area contributed by atoms with E-state index in [1.54, 1.807) is 42.6 Å². The van der Waals surface area contributed by atoms with Gasteiger partial charge in [-0.2, -0.15) is 0 Å². The van der Waals surface area contributed by atoms with Gasteiger partial charge in [-0.25, -0.2) is 4.79 Å². The van der Waals surface area contributed by atoms with Gasteiger partial charge in [0, 0.05) is 29.4 Å². The molecule has 1 fully saturated rings. The lowest BCUT2D eigenvalue weighted by Crippen LogP contribution is -2.52. The number of carboxylic acids is 1. The first kappa shape index (κ1) is 22.9. The molecule has 0 radical (unpaired) electrons. The molecule has 2 aromatic rings. The van der Waals surface area contributed by atoms with E-state index >= 15 is 0 Å². The topological polar surface area (TPSA) is 107 Å². The highest BCUT2D eigenvalue weighted by molar-refractivity contribution is 6.26. The molecule has 0 amide bonds. The zero-order chi connectivity index (χ0) is 24.2. The highest BCUT2D eigenvalue weighted by atomic mass is 16.4. The van der Waals surface area contributed by atoms with E-state index in [2.05, 4.69) is 5.32 Å². The lowest BCUT2D eigenvalue weighted by atomic mass is 9.84. The average Bonchev–Trinajstić information content (AvgIpc) is 3.10. The minimum Gasteiger partial charge on any atom is -0.478 e. The molecule has 0 saturated carbocycles. The summed E-state index contributed by atoms with van der Waals surface area (Å²) < 4.78 is 0. The second-order valence-corrected chi connectivity index (χ2v) is 9.80. The number of Topliss-reactive ketones (excluding diaryl/α,β-unsaturated/α-hetero) is 2. The molecule has 0 aliphatic carbocycles. The molecule has 0 bridgehead atoms. The van der Waals surface area contributed by atoms with E-state index in [1.807, 2.05) is 33.8 Å². The van der Waals surface area contributed by atoms with E-state index in [0.29, 0.717) is 5.56 Å². The standard InChI is InChI=1S/C26H28N2O5/c1-24(2)20(22(30)25(3,4)27-24)15-28-14-18(16-10-6-5-7-11-16)21(29)26(28,33)19-13-9-8-12-17(19)23(31)32/h5-14,20,27,33H,15H2,1-4H3,(H,31,32). The van der Waals surface area contributed by atoms with E-state index in [1.165, 1.54) is 17.0 Å². The predicted octanol–water partition coefficient (Wildman–Crippen LogP) is 2.80. The van der Waals surface area contributed by atoms with Gasteiger partial charge in [0.15, 0.2) is 5.78 Å². The van der Waals surface area contributed by atoms with Gasteiger partial charge >= 0.3 is 5.97 Å². The molecular weight excluding hydrogens is 420 g/mol. The molecule has 7 heteroatoms. The van der Waals surface area contributed by atoms with Crippen LogP contribution in [0.2, 0.25) is 0 Å². The number of hydrogen-bond donors (Lipinski definition) is 3. The van der Waals surface area contributed by atoms with Gasteiger partial charge in [-0.15, -0.1) is 0 Å². The maximum absolute atomic E-state index is 13.7. The molecule has 7 nitrogen and oxygen atoms in total. The van der Waals surface area contributed by atoms with Crippen molar-refractivity contribution in [2.24, 2.45) is 5.92 Å². The van der Waals surface area contributed by atoms with E-state index in [-0.39, 0.29) is 29.0 Å². The molecule has 172 valence electrons. The monoisotopic (exact) mass is 448 g/mol. The first-order chi connectivity index (χ1) is 15.4. The molecular formula is C26H28N2O5. The summed E-state index contributed by atoms with van der Waals surface area (Å²) in [6, 6.07) is 14.8. The molecule has 2 aliphatic heterocycles. The van der Waals surface area contributed by atoms with Crippen LogP contribution in [-0.4, -0.2) is 50.3 Å². The Morgan fingerprint density at radius 1 is 1.00 bits per heavy atom. The van der Waals surface area contributed by atoms with Crippen molar-refractivity contribution in [3.8, 4) is 0 Å². The number of nitrogens with zero attached hydrogens (tertiary/aromatic N) is 1. The Hall–Kier alpha value is -3.29. The zero-order valence-electron chi connectivity index (χ0n) is 19.1. The maximum Gasteiger partial charge on any atom is 0.336 e. The van der Waals surface area contributed by atoms with Crippen LogP contribution in [0.25, 0.3) is 5.57 Å². The second kappa shape index (κ2) is 7.64. The minimum absolute atomic E-state index is 0.0276. The number of rotatable bonds is 5. The van der Waals surface area contributed by atoms with E-state index < -0.39 is 34.5 Å². The summed E-state index contributed by atoms with van der Waals surface area (Å²) in [6.45, 7) is 7.48. The van der Waals surface area contributed by atoms with Gasteiger partial charge in [0.2, 0.25) is 11.5 Å². The van der Waals surface area contributed by atoms with Crippen molar-refractivity contribution in [1.82, 2.24) is 10.2 Å². The van der Waals surface area contributed by atoms with Gasteiger partial charge in [-0.1, -0.05) is 48.5 Å². The largest absolute Gasteiger partial charge is 0.478 e. The Morgan fingerprint density at radius 2 is 1.61 bits per heavy atom. The Kier molecular flexibility index (Phi) is 5.30. The molecule has 33 heavy (non-hydrogen) atoms. The third-order valence-electron chi connectivity index (χ3n) is 6.70. The van der Waals surface area contributed by atoms with E-state index in [9.17, 15) is 24.6 Å². The SMILES string of the molecule is CC1(C)NC(C)(C)C(CN2C=C(c3ccccc3)C(=O)C2(O)c2ccccc2C(=O)O)C1=O. The Labute approximate surface area is 192 Å². The van der Waals surface area contributed by atoms with E-state index in [4.69, 9.17) is 0 Å². The van der Waals surface area contributed by atoms with Crippen molar-refractivity contribution < 1.29 is 24.6 Å². The van der Waals surface area contributed by atoms with Gasteiger partial charge in [-0.05, 0) is 39.3 Å². The lowest BCUT2D eigenvalue weighted by Gasteiger charge is -2.38. The van der Waals surface area contributed by atoms with Crippen molar-refractivity contribution in [1.29, 1.82) is 0 Å². The van der Waals surface area contributed by atoms with Crippen LogP contribution in [0, 0.1) is 5.92 Å². The number of ketones is 2. The number of carboxylic acid groups (broad SMARTS) is 1. The number of aromatic carboxylic acids is 1. The maximum atomic E-state index is 13.7. The number of carbonyl (C=O) groups is 3. The van der Waals surface area contributed by atoms with Crippen molar-refractivity contribution in [3.05, 3.63) is 77.5 Å². The average molecular weight is 449 g/mol. The molecule has 2 aliphatic rings. The molecule has 2 unspecified atom stereocenters. The van der Waals surface area contributed by atoms with Crippen LogP contribution in [0.15, 0.2) is 60.8 Å². The molecule has 0 spiro atoms. The van der Waals surface area contributed by atoms with Crippen molar-refractivity contribution >= 4 is 23.1 Å². The fraction of sp³-hybridized carbons (Fsp3) is 0.346. The summed E-state index contributed by atoms with van der Waals surface area (Å²) in [4.78, 5) is 40.3. The summed E-state index contributed by atoms with van der Waals surface area (Å²) in [7, 11) is 0. The van der Waals surface area contributed by atoms with Crippen LogP contribution in [0.5, 0.6) is 0 Å². The predicted molar refractivity (Wildman–Crippen MR) is 123 cm³/mol. The first-order valence-corrected chi connectivity index (χ1v) is 10.9.